The molecule has 1 atom stereocenters. The molecule has 2 N–H and O–H groups in total. The van der Waals surface area contributed by atoms with E-state index in [0.29, 0.717) is 11.6 Å². The molecule has 4 rings (SSSR count). The van der Waals surface area contributed by atoms with E-state index in [9.17, 15) is 4.79 Å². The first-order valence-electron chi connectivity index (χ1n) is 8.60. The van der Waals surface area contributed by atoms with Gasteiger partial charge in [0.2, 0.25) is 0 Å². The van der Waals surface area contributed by atoms with E-state index in [2.05, 4.69) is 25.6 Å². The maximum absolute atomic E-state index is 12.4. The van der Waals surface area contributed by atoms with Crippen LogP contribution in [0, 0.1) is 13.8 Å². The summed E-state index contributed by atoms with van der Waals surface area (Å²) in [4.78, 5) is 14.7. The van der Waals surface area contributed by atoms with Crippen molar-refractivity contribution in [2.45, 2.75) is 51.6 Å². The number of nitrogens with one attached hydrogen (secondary N) is 2. The molecule has 0 radical (unpaired) electrons. The van der Waals surface area contributed by atoms with Gasteiger partial charge in [0.25, 0.3) is 5.91 Å². The standard InChI is InChI=1S/C17H23N5O2/c1-10-14(11(2)24-21-10)9-22-6-5-13(8-22)18-17(23)16-7-15(19-20-16)12-3-4-12/h7,12-13H,3-6,8-9H2,1-2H3,(H,18,23)(H,19,20). The topological polar surface area (TPSA) is 87.0 Å². The Labute approximate surface area is 140 Å². The van der Waals surface area contributed by atoms with Crippen molar-refractivity contribution < 1.29 is 9.32 Å². The molecule has 2 fully saturated rings. The quantitative estimate of drug-likeness (QED) is 0.875. The number of aromatic amines is 1. The van der Waals surface area contributed by atoms with Gasteiger partial charge >= 0.3 is 0 Å². The Morgan fingerprint density at radius 2 is 2.25 bits per heavy atom. The molecule has 3 heterocycles. The van der Waals surface area contributed by atoms with E-state index >= 15 is 0 Å². The largest absolute Gasteiger partial charge is 0.361 e. The fourth-order valence-corrected chi connectivity index (χ4v) is 3.36. The van der Waals surface area contributed by atoms with Gasteiger partial charge in [-0.05, 0) is 39.2 Å². The van der Waals surface area contributed by atoms with Crippen LogP contribution in [0.1, 0.15) is 58.4 Å². The normalized spacial score (nSPS) is 21.3. The van der Waals surface area contributed by atoms with E-state index in [4.69, 9.17) is 4.52 Å². The minimum absolute atomic E-state index is 0.0812. The molecule has 0 bridgehead atoms. The van der Waals surface area contributed by atoms with Crippen molar-refractivity contribution in [1.29, 1.82) is 0 Å². The van der Waals surface area contributed by atoms with Crippen molar-refractivity contribution in [2.24, 2.45) is 0 Å². The minimum Gasteiger partial charge on any atom is -0.361 e. The van der Waals surface area contributed by atoms with Crippen LogP contribution >= 0.6 is 0 Å². The van der Waals surface area contributed by atoms with Gasteiger partial charge in [-0.15, -0.1) is 0 Å². The molecule has 1 saturated carbocycles. The van der Waals surface area contributed by atoms with Crippen molar-refractivity contribution in [3.63, 3.8) is 0 Å². The predicted octanol–water partition coefficient (Wildman–Crippen LogP) is 1.90. The lowest BCUT2D eigenvalue weighted by Crippen LogP contribution is -2.37. The van der Waals surface area contributed by atoms with Crippen LogP contribution in [-0.2, 0) is 6.54 Å². The second kappa shape index (κ2) is 6.05. The zero-order valence-corrected chi connectivity index (χ0v) is 14.1. The minimum atomic E-state index is -0.0812. The highest BCUT2D eigenvalue weighted by molar-refractivity contribution is 5.92. The molecule has 2 aromatic rings. The molecule has 1 aliphatic carbocycles. The van der Waals surface area contributed by atoms with Gasteiger partial charge in [0.05, 0.1) is 5.69 Å². The molecule has 7 nitrogen and oxygen atoms in total. The highest BCUT2D eigenvalue weighted by atomic mass is 16.5. The number of rotatable bonds is 5. The molecule has 1 unspecified atom stereocenters. The number of amides is 1. The number of nitrogens with zero attached hydrogens (tertiary/aromatic N) is 3. The Morgan fingerprint density at radius 3 is 2.96 bits per heavy atom. The molecule has 0 aromatic carbocycles. The number of H-pyrrole nitrogens is 1. The molecule has 2 aliphatic rings. The number of hydrogen-bond donors (Lipinski definition) is 2. The Bertz CT molecular complexity index is 726. The van der Waals surface area contributed by atoms with E-state index in [1.165, 1.54) is 12.8 Å². The predicted molar refractivity (Wildman–Crippen MR) is 87.7 cm³/mol. The van der Waals surface area contributed by atoms with Crippen LogP contribution in [0.4, 0.5) is 0 Å². The van der Waals surface area contributed by atoms with Crippen molar-refractivity contribution in [2.75, 3.05) is 13.1 Å². The summed E-state index contributed by atoms with van der Waals surface area (Å²) < 4.78 is 5.22. The Hall–Kier alpha value is -2.15. The van der Waals surface area contributed by atoms with E-state index < -0.39 is 0 Å². The monoisotopic (exact) mass is 329 g/mol. The zero-order valence-electron chi connectivity index (χ0n) is 14.1. The summed E-state index contributed by atoms with van der Waals surface area (Å²) in [6, 6.07) is 2.06. The summed E-state index contributed by atoms with van der Waals surface area (Å²) in [7, 11) is 0. The molecular formula is C17H23N5O2. The van der Waals surface area contributed by atoms with Gasteiger partial charge in [-0.3, -0.25) is 14.8 Å². The Kier molecular flexibility index (Phi) is 3.88. The summed E-state index contributed by atoms with van der Waals surface area (Å²) in [5.41, 5.74) is 3.69. The fraction of sp³-hybridized carbons (Fsp3) is 0.588. The molecule has 1 amide bonds. The van der Waals surface area contributed by atoms with Gasteiger partial charge < -0.3 is 9.84 Å². The van der Waals surface area contributed by atoms with Gasteiger partial charge in [0.1, 0.15) is 11.5 Å². The van der Waals surface area contributed by atoms with Gasteiger partial charge in [-0.2, -0.15) is 5.10 Å². The smallest absolute Gasteiger partial charge is 0.272 e. The SMILES string of the molecule is Cc1noc(C)c1CN1CCC(NC(=O)c2cc(C3CC3)[nH]n2)C1. The molecular weight excluding hydrogens is 306 g/mol. The van der Waals surface area contributed by atoms with Crippen molar-refractivity contribution >= 4 is 5.91 Å². The second-order valence-corrected chi connectivity index (χ2v) is 6.98. The third-order valence-electron chi connectivity index (χ3n) is 5.02. The maximum Gasteiger partial charge on any atom is 0.272 e. The van der Waals surface area contributed by atoms with Crippen LogP contribution in [0.25, 0.3) is 0 Å². The zero-order chi connectivity index (χ0) is 16.7. The number of carbonyl (C=O) groups is 1. The number of likely N-dealkylation sites (tertiary alicyclic amines) is 1. The van der Waals surface area contributed by atoms with Gasteiger partial charge in [-0.25, -0.2) is 0 Å². The number of aryl methyl sites for hydroxylation is 2. The third kappa shape index (κ3) is 3.08. The molecule has 128 valence electrons. The first kappa shape index (κ1) is 15.4. The van der Waals surface area contributed by atoms with Gasteiger partial charge in [0, 0.05) is 42.9 Å². The summed E-state index contributed by atoms with van der Waals surface area (Å²) in [6.07, 6.45) is 3.35. The van der Waals surface area contributed by atoms with E-state index in [1.807, 2.05) is 19.9 Å². The Morgan fingerprint density at radius 1 is 1.42 bits per heavy atom. The third-order valence-corrected chi connectivity index (χ3v) is 5.02. The van der Waals surface area contributed by atoms with E-state index in [1.54, 1.807) is 0 Å². The summed E-state index contributed by atoms with van der Waals surface area (Å²) in [5.74, 6) is 1.38. The number of carbonyl (C=O) groups excluding carboxylic acids is 1. The molecule has 7 heteroatoms. The van der Waals surface area contributed by atoms with Gasteiger partial charge in [-0.1, -0.05) is 5.16 Å². The lowest BCUT2D eigenvalue weighted by atomic mass is 10.2. The first-order valence-corrected chi connectivity index (χ1v) is 8.60. The van der Waals surface area contributed by atoms with Crippen molar-refractivity contribution in [3.05, 3.63) is 34.5 Å². The Balaban J connectivity index is 1.32. The molecule has 0 spiro atoms. The van der Waals surface area contributed by atoms with Crippen LogP contribution < -0.4 is 5.32 Å². The highest BCUT2D eigenvalue weighted by Crippen LogP contribution is 2.39. The number of aromatic nitrogens is 3. The van der Waals surface area contributed by atoms with Crippen LogP contribution in [0.2, 0.25) is 0 Å². The first-order chi connectivity index (χ1) is 11.6. The number of hydrogen-bond acceptors (Lipinski definition) is 5. The van der Waals surface area contributed by atoms with E-state index in [0.717, 1.165) is 48.8 Å². The lowest BCUT2D eigenvalue weighted by Gasteiger charge is -2.16. The molecule has 1 saturated heterocycles. The van der Waals surface area contributed by atoms with Crippen LogP contribution in [0.15, 0.2) is 10.6 Å². The van der Waals surface area contributed by atoms with E-state index in [-0.39, 0.29) is 11.9 Å². The van der Waals surface area contributed by atoms with Crippen LogP contribution in [0.5, 0.6) is 0 Å². The second-order valence-electron chi connectivity index (χ2n) is 6.98. The summed E-state index contributed by atoms with van der Waals surface area (Å²) >= 11 is 0. The summed E-state index contributed by atoms with van der Waals surface area (Å²) in [5, 5.41) is 14.2. The fourth-order valence-electron chi connectivity index (χ4n) is 3.36. The maximum atomic E-state index is 12.4. The summed E-state index contributed by atoms with van der Waals surface area (Å²) in [6.45, 7) is 6.54. The van der Waals surface area contributed by atoms with Crippen molar-refractivity contribution in [3.8, 4) is 0 Å². The highest BCUT2D eigenvalue weighted by Gasteiger charge is 2.29. The average Bonchev–Trinajstić information content (AvgIpc) is 2.99. The molecule has 1 aliphatic heterocycles. The molecule has 24 heavy (non-hydrogen) atoms. The van der Waals surface area contributed by atoms with Crippen LogP contribution in [-0.4, -0.2) is 45.3 Å². The lowest BCUT2D eigenvalue weighted by molar-refractivity contribution is 0.0932. The average molecular weight is 329 g/mol. The van der Waals surface area contributed by atoms with Crippen LogP contribution in [0.3, 0.4) is 0 Å². The van der Waals surface area contributed by atoms with Crippen molar-refractivity contribution in [1.82, 2.24) is 25.6 Å². The molecule has 2 aromatic heterocycles. The van der Waals surface area contributed by atoms with Gasteiger partial charge in [0.15, 0.2) is 0 Å².